The smallest absolute Gasteiger partial charge is 0.293 e. The van der Waals surface area contributed by atoms with Crippen molar-refractivity contribution < 1.29 is 9.31 Å². The van der Waals surface area contributed by atoms with Gasteiger partial charge >= 0.3 is 0 Å². The maximum atomic E-state index is 13.4. The Kier molecular flexibility index (Phi) is 4.08. The van der Waals surface area contributed by atoms with Crippen molar-refractivity contribution in [2.45, 2.75) is 12.5 Å². The second-order valence-electron chi connectivity index (χ2n) is 3.75. The molecule has 1 N–H and O–H groups in total. The third kappa shape index (κ3) is 3.01. The highest BCUT2D eigenvalue weighted by Gasteiger charge is 2.22. The van der Waals surface area contributed by atoms with Crippen LogP contribution in [0.2, 0.25) is 0 Å². The molecule has 4 nitrogen and oxygen atoms in total. The molecule has 7 heteroatoms. The summed E-state index contributed by atoms with van der Waals surface area (Å²) in [6.45, 7) is 0. The fourth-order valence-electron chi connectivity index (χ4n) is 1.67. The van der Waals surface area contributed by atoms with Gasteiger partial charge in [0.25, 0.3) is 5.69 Å². The number of nitro groups is 1. The molecule has 1 aromatic carbocycles. The molecule has 2 rings (SSSR count). The van der Waals surface area contributed by atoms with E-state index in [4.69, 9.17) is 0 Å². The second kappa shape index (κ2) is 5.38. The van der Waals surface area contributed by atoms with Crippen LogP contribution < -0.4 is 5.32 Å². The molecule has 0 bridgehead atoms. The van der Waals surface area contributed by atoms with E-state index in [2.05, 4.69) is 5.32 Å². The lowest BCUT2D eigenvalue weighted by Crippen LogP contribution is -2.19. The summed E-state index contributed by atoms with van der Waals surface area (Å²) in [5.74, 6) is 1.52. The van der Waals surface area contributed by atoms with Gasteiger partial charge in [-0.25, -0.2) is 4.39 Å². The summed E-state index contributed by atoms with van der Waals surface area (Å²) < 4.78 is 13.7. The number of nitrogens with zero attached hydrogens (tertiary/aromatic N) is 1. The Bertz CT molecular complexity index is 452. The lowest BCUT2D eigenvalue weighted by Gasteiger charge is -2.13. The van der Waals surface area contributed by atoms with Crippen LogP contribution in [-0.2, 0) is 0 Å². The number of hydrogen-bond acceptors (Lipinski definition) is 4. The number of rotatable bonds is 3. The number of nitro benzene ring substituents is 1. The molecule has 1 aromatic rings. The molecule has 17 heavy (non-hydrogen) atoms. The van der Waals surface area contributed by atoms with Gasteiger partial charge in [0.1, 0.15) is 11.5 Å². The molecular weight excluding hydrogens is 358 g/mol. The quantitative estimate of drug-likeness (QED) is 0.506. The SMILES string of the molecule is O=[N+]([O-])c1cc(I)c(F)cc1NC1CCSC1. The number of benzene rings is 1. The highest BCUT2D eigenvalue weighted by molar-refractivity contribution is 14.1. The molecule has 0 saturated carbocycles. The van der Waals surface area contributed by atoms with Crippen molar-refractivity contribution in [2.24, 2.45) is 0 Å². The standard InChI is InChI=1S/C10H10FIN2O2S/c11-7-3-9(13-6-1-2-17-5-6)10(14(15)16)4-8(7)12/h3-4,6,13H,1-2,5H2. The number of hydrogen-bond donors (Lipinski definition) is 1. The Morgan fingerprint density at radius 3 is 2.94 bits per heavy atom. The van der Waals surface area contributed by atoms with Gasteiger partial charge in [0.2, 0.25) is 0 Å². The van der Waals surface area contributed by atoms with Gasteiger partial charge in [0, 0.05) is 23.9 Å². The normalized spacial score (nSPS) is 19.3. The molecule has 0 spiro atoms. The molecule has 92 valence electrons. The van der Waals surface area contributed by atoms with Gasteiger partial charge in [-0.3, -0.25) is 10.1 Å². The zero-order valence-corrected chi connectivity index (χ0v) is 11.8. The molecule has 1 saturated heterocycles. The summed E-state index contributed by atoms with van der Waals surface area (Å²) >= 11 is 3.55. The van der Waals surface area contributed by atoms with Crippen LogP contribution in [0.3, 0.4) is 0 Å². The lowest BCUT2D eigenvalue weighted by molar-refractivity contribution is -0.384. The predicted octanol–water partition coefficient (Wildman–Crippen LogP) is 3.26. The minimum absolute atomic E-state index is 0.0623. The first-order valence-corrected chi connectivity index (χ1v) is 7.29. The van der Waals surface area contributed by atoms with Crippen LogP contribution in [0.5, 0.6) is 0 Å². The topological polar surface area (TPSA) is 55.2 Å². The molecule has 0 aliphatic carbocycles. The lowest BCUT2D eigenvalue weighted by atomic mass is 10.2. The monoisotopic (exact) mass is 368 g/mol. The van der Waals surface area contributed by atoms with Gasteiger partial charge < -0.3 is 5.32 Å². The van der Waals surface area contributed by atoms with Crippen molar-refractivity contribution in [1.82, 2.24) is 0 Å². The minimum Gasteiger partial charge on any atom is -0.376 e. The summed E-state index contributed by atoms with van der Waals surface area (Å²) in [5, 5.41) is 13.9. The van der Waals surface area contributed by atoms with Crippen LogP contribution in [0, 0.1) is 19.5 Å². The Hall–Kier alpha value is -0.570. The summed E-state index contributed by atoms with van der Waals surface area (Å²) in [6.07, 6.45) is 0.954. The molecule has 0 amide bonds. The number of nitrogens with one attached hydrogen (secondary N) is 1. The zero-order chi connectivity index (χ0) is 12.4. The van der Waals surface area contributed by atoms with Gasteiger partial charge in [-0.15, -0.1) is 0 Å². The van der Waals surface area contributed by atoms with E-state index < -0.39 is 10.7 Å². The third-order valence-electron chi connectivity index (χ3n) is 2.52. The summed E-state index contributed by atoms with van der Waals surface area (Å²) in [4.78, 5) is 10.4. The average Bonchev–Trinajstić information content (AvgIpc) is 2.75. The summed E-state index contributed by atoms with van der Waals surface area (Å²) in [6, 6.07) is 2.67. The van der Waals surface area contributed by atoms with Crippen molar-refractivity contribution in [3.63, 3.8) is 0 Å². The van der Waals surface area contributed by atoms with E-state index in [0.717, 1.165) is 17.9 Å². The van der Waals surface area contributed by atoms with E-state index in [0.29, 0.717) is 0 Å². The first-order valence-electron chi connectivity index (χ1n) is 5.05. The Morgan fingerprint density at radius 1 is 1.59 bits per heavy atom. The van der Waals surface area contributed by atoms with Crippen LogP contribution in [0.15, 0.2) is 12.1 Å². The summed E-state index contributed by atoms with van der Waals surface area (Å²) in [7, 11) is 0. The fraction of sp³-hybridized carbons (Fsp3) is 0.400. The van der Waals surface area contributed by atoms with Gasteiger partial charge in [-0.05, 0) is 34.8 Å². The average molecular weight is 368 g/mol. The van der Waals surface area contributed by atoms with Crippen molar-refractivity contribution in [1.29, 1.82) is 0 Å². The highest BCUT2D eigenvalue weighted by atomic mass is 127. The van der Waals surface area contributed by atoms with Crippen LogP contribution in [-0.4, -0.2) is 22.5 Å². The van der Waals surface area contributed by atoms with Crippen LogP contribution in [0.25, 0.3) is 0 Å². The van der Waals surface area contributed by atoms with E-state index in [1.54, 1.807) is 34.4 Å². The van der Waals surface area contributed by atoms with Crippen molar-refractivity contribution in [3.8, 4) is 0 Å². The van der Waals surface area contributed by atoms with Gasteiger partial charge in [-0.2, -0.15) is 11.8 Å². The highest BCUT2D eigenvalue weighted by Crippen LogP contribution is 2.31. The van der Waals surface area contributed by atoms with Crippen LogP contribution >= 0.6 is 34.4 Å². The number of halogens is 2. The maximum Gasteiger partial charge on any atom is 0.293 e. The van der Waals surface area contributed by atoms with E-state index in [1.807, 2.05) is 0 Å². The van der Waals surface area contributed by atoms with Gasteiger partial charge in [0.15, 0.2) is 0 Å². The van der Waals surface area contributed by atoms with E-state index in [1.165, 1.54) is 12.1 Å². The van der Waals surface area contributed by atoms with E-state index >= 15 is 0 Å². The minimum atomic E-state index is -0.480. The Labute approximate surface area is 116 Å². The maximum absolute atomic E-state index is 13.4. The fourth-order valence-corrected chi connectivity index (χ4v) is 3.27. The van der Waals surface area contributed by atoms with Crippen LogP contribution in [0.4, 0.5) is 15.8 Å². The van der Waals surface area contributed by atoms with Crippen molar-refractivity contribution in [3.05, 3.63) is 31.6 Å². The molecule has 1 fully saturated rings. The van der Waals surface area contributed by atoms with Gasteiger partial charge in [0.05, 0.1) is 8.49 Å². The zero-order valence-electron chi connectivity index (χ0n) is 8.78. The third-order valence-corrected chi connectivity index (χ3v) is 4.51. The van der Waals surface area contributed by atoms with E-state index in [9.17, 15) is 14.5 Å². The van der Waals surface area contributed by atoms with Crippen LogP contribution in [0.1, 0.15) is 6.42 Å². The Morgan fingerprint density at radius 2 is 2.35 bits per heavy atom. The first-order chi connectivity index (χ1) is 8.08. The van der Waals surface area contributed by atoms with Crippen molar-refractivity contribution >= 4 is 45.7 Å². The molecule has 1 heterocycles. The predicted molar refractivity (Wildman–Crippen MR) is 75.1 cm³/mol. The second-order valence-corrected chi connectivity index (χ2v) is 6.06. The molecule has 0 aromatic heterocycles. The molecule has 1 atom stereocenters. The number of thioether (sulfide) groups is 1. The van der Waals surface area contributed by atoms with E-state index in [-0.39, 0.29) is 21.0 Å². The first kappa shape index (κ1) is 12.9. The molecule has 1 aliphatic heterocycles. The molecular formula is C10H10FIN2O2S. The van der Waals surface area contributed by atoms with Gasteiger partial charge in [-0.1, -0.05) is 0 Å². The molecule has 1 aliphatic rings. The summed E-state index contributed by atoms with van der Waals surface area (Å²) in [5.41, 5.74) is 0.216. The molecule has 0 radical (unpaired) electrons. The Balaban J connectivity index is 2.29. The number of anilines is 1. The van der Waals surface area contributed by atoms with Crippen molar-refractivity contribution in [2.75, 3.05) is 16.8 Å². The largest absolute Gasteiger partial charge is 0.376 e. The molecule has 1 unspecified atom stereocenters.